The van der Waals surface area contributed by atoms with Crippen molar-refractivity contribution in [3.8, 4) is 0 Å². The van der Waals surface area contributed by atoms with Gasteiger partial charge in [-0.25, -0.2) is 8.42 Å². The number of amides is 1. The second-order valence-corrected chi connectivity index (χ2v) is 6.49. The Labute approximate surface area is 112 Å². The maximum atomic E-state index is 12.5. The van der Waals surface area contributed by atoms with Crippen LogP contribution < -0.4 is 11.5 Å². The van der Waals surface area contributed by atoms with Crippen LogP contribution in [0.15, 0.2) is 29.2 Å². The van der Waals surface area contributed by atoms with E-state index in [0.29, 0.717) is 18.7 Å². The normalized spacial score (nSPS) is 21.2. The number of primary amides is 1. The maximum absolute atomic E-state index is 12.5. The third-order valence-electron chi connectivity index (χ3n) is 3.27. The highest BCUT2D eigenvalue weighted by Crippen LogP contribution is 2.25. The summed E-state index contributed by atoms with van der Waals surface area (Å²) in [6.45, 7) is 0.320. The van der Waals surface area contributed by atoms with E-state index < -0.39 is 22.0 Å². The molecule has 0 saturated carbocycles. The van der Waals surface area contributed by atoms with Crippen LogP contribution >= 0.6 is 0 Å². The van der Waals surface area contributed by atoms with Crippen LogP contribution in [0.3, 0.4) is 0 Å². The Hall–Kier alpha value is -1.60. The van der Waals surface area contributed by atoms with Crippen LogP contribution in [0.25, 0.3) is 0 Å². The van der Waals surface area contributed by atoms with Gasteiger partial charge in [0, 0.05) is 12.2 Å². The molecule has 7 heteroatoms. The average molecular weight is 283 g/mol. The highest BCUT2D eigenvalue weighted by atomic mass is 32.2. The van der Waals surface area contributed by atoms with Crippen molar-refractivity contribution in [2.75, 3.05) is 12.3 Å². The minimum absolute atomic E-state index is 0.134. The summed E-state index contributed by atoms with van der Waals surface area (Å²) in [6.07, 6.45) is 2.02. The monoisotopic (exact) mass is 283 g/mol. The molecule has 4 N–H and O–H groups in total. The van der Waals surface area contributed by atoms with E-state index in [1.807, 2.05) is 0 Å². The number of nitrogen functional groups attached to an aromatic ring is 1. The first-order chi connectivity index (χ1) is 8.93. The molecular weight excluding hydrogens is 266 g/mol. The van der Waals surface area contributed by atoms with Gasteiger partial charge in [-0.05, 0) is 37.1 Å². The second-order valence-electron chi connectivity index (χ2n) is 4.60. The van der Waals surface area contributed by atoms with E-state index in [4.69, 9.17) is 11.5 Å². The molecule has 1 aliphatic heterocycles. The number of benzene rings is 1. The molecule has 1 atom stereocenters. The zero-order chi connectivity index (χ0) is 14.0. The van der Waals surface area contributed by atoms with Gasteiger partial charge >= 0.3 is 0 Å². The predicted octanol–water partition coefficient (Wildman–Crippen LogP) is 0.297. The number of carbonyl (C=O) groups excluding carboxylic acids is 1. The molecule has 1 aromatic rings. The number of anilines is 1. The lowest BCUT2D eigenvalue weighted by molar-refractivity contribution is -0.122. The van der Waals surface area contributed by atoms with Crippen molar-refractivity contribution in [3.63, 3.8) is 0 Å². The highest BCUT2D eigenvalue weighted by molar-refractivity contribution is 7.89. The Morgan fingerprint density at radius 1 is 1.21 bits per heavy atom. The van der Waals surface area contributed by atoms with Crippen LogP contribution in [0, 0.1) is 0 Å². The molecule has 1 saturated heterocycles. The van der Waals surface area contributed by atoms with Gasteiger partial charge in [-0.2, -0.15) is 4.31 Å². The van der Waals surface area contributed by atoms with Crippen LogP contribution in [0.5, 0.6) is 0 Å². The fourth-order valence-electron chi connectivity index (χ4n) is 2.25. The van der Waals surface area contributed by atoms with Gasteiger partial charge in [0.05, 0.1) is 4.90 Å². The van der Waals surface area contributed by atoms with Crippen LogP contribution in [0.2, 0.25) is 0 Å². The van der Waals surface area contributed by atoms with Crippen LogP contribution in [-0.4, -0.2) is 31.2 Å². The molecule has 19 heavy (non-hydrogen) atoms. The molecule has 0 bridgehead atoms. The van der Waals surface area contributed by atoms with Crippen LogP contribution in [0.4, 0.5) is 5.69 Å². The molecule has 1 aliphatic rings. The van der Waals surface area contributed by atoms with Gasteiger partial charge in [0.2, 0.25) is 15.9 Å². The molecule has 1 fully saturated rings. The van der Waals surface area contributed by atoms with E-state index in [0.717, 1.165) is 12.8 Å². The average Bonchev–Trinajstić information content (AvgIpc) is 2.39. The van der Waals surface area contributed by atoms with E-state index in [2.05, 4.69) is 0 Å². The molecule has 0 aromatic heterocycles. The molecular formula is C12H17N3O3S. The Morgan fingerprint density at radius 3 is 2.42 bits per heavy atom. The summed E-state index contributed by atoms with van der Waals surface area (Å²) >= 11 is 0. The van der Waals surface area contributed by atoms with Gasteiger partial charge in [0.15, 0.2) is 0 Å². The van der Waals surface area contributed by atoms with Crippen molar-refractivity contribution in [2.45, 2.75) is 30.2 Å². The quantitative estimate of drug-likeness (QED) is 0.778. The first kappa shape index (κ1) is 13.8. The first-order valence-electron chi connectivity index (χ1n) is 6.09. The van der Waals surface area contributed by atoms with E-state index in [9.17, 15) is 13.2 Å². The number of nitrogens with two attached hydrogens (primary N) is 2. The van der Waals surface area contributed by atoms with Gasteiger partial charge in [0.25, 0.3) is 0 Å². The number of piperidine rings is 1. The van der Waals surface area contributed by atoms with Crippen molar-refractivity contribution in [1.82, 2.24) is 4.31 Å². The summed E-state index contributed by atoms with van der Waals surface area (Å²) < 4.78 is 26.2. The number of carbonyl (C=O) groups is 1. The lowest BCUT2D eigenvalue weighted by atomic mass is 10.0. The number of nitrogens with zero attached hydrogens (tertiary/aromatic N) is 1. The minimum Gasteiger partial charge on any atom is -0.399 e. The van der Waals surface area contributed by atoms with Crippen molar-refractivity contribution >= 4 is 21.6 Å². The predicted molar refractivity (Wildman–Crippen MR) is 71.6 cm³/mol. The standard InChI is InChI=1S/C12H17N3O3S/c13-9-4-6-10(7-5-9)19(17,18)15-8-2-1-3-11(15)12(14)16/h4-7,11H,1-3,8,13H2,(H2,14,16). The molecule has 0 aliphatic carbocycles. The van der Waals surface area contributed by atoms with Gasteiger partial charge in [-0.15, -0.1) is 0 Å². The Balaban J connectivity index is 2.37. The second kappa shape index (κ2) is 5.18. The number of sulfonamides is 1. The van der Waals surface area contributed by atoms with Gasteiger partial charge in [-0.1, -0.05) is 6.42 Å². The van der Waals surface area contributed by atoms with Crippen molar-refractivity contribution in [2.24, 2.45) is 5.73 Å². The lowest BCUT2D eigenvalue weighted by Gasteiger charge is -2.32. The van der Waals surface area contributed by atoms with Crippen molar-refractivity contribution in [1.29, 1.82) is 0 Å². The zero-order valence-electron chi connectivity index (χ0n) is 10.5. The van der Waals surface area contributed by atoms with Gasteiger partial charge in [0.1, 0.15) is 6.04 Å². The van der Waals surface area contributed by atoms with E-state index in [1.165, 1.54) is 28.6 Å². The van der Waals surface area contributed by atoms with Crippen molar-refractivity contribution < 1.29 is 13.2 Å². The number of rotatable bonds is 3. The maximum Gasteiger partial charge on any atom is 0.243 e. The van der Waals surface area contributed by atoms with Crippen LogP contribution in [0.1, 0.15) is 19.3 Å². The Bertz CT molecular complexity index is 568. The smallest absolute Gasteiger partial charge is 0.243 e. The zero-order valence-corrected chi connectivity index (χ0v) is 11.3. The fraction of sp³-hybridized carbons (Fsp3) is 0.417. The SMILES string of the molecule is NC(=O)C1CCCCN1S(=O)(=O)c1ccc(N)cc1. The Kier molecular flexibility index (Phi) is 3.77. The number of hydrogen-bond acceptors (Lipinski definition) is 4. The van der Waals surface area contributed by atoms with Gasteiger partial charge in [-0.3, -0.25) is 4.79 Å². The highest BCUT2D eigenvalue weighted by Gasteiger charge is 2.36. The minimum atomic E-state index is -3.70. The van der Waals surface area contributed by atoms with Crippen LogP contribution in [-0.2, 0) is 14.8 Å². The van der Waals surface area contributed by atoms with Gasteiger partial charge < -0.3 is 11.5 Å². The third-order valence-corrected chi connectivity index (χ3v) is 5.19. The number of hydrogen-bond donors (Lipinski definition) is 2. The molecule has 2 rings (SSSR count). The molecule has 104 valence electrons. The fourth-order valence-corrected chi connectivity index (χ4v) is 3.92. The molecule has 0 spiro atoms. The molecule has 1 heterocycles. The summed E-state index contributed by atoms with van der Waals surface area (Å²) in [5.74, 6) is -0.598. The summed E-state index contributed by atoms with van der Waals surface area (Å²) in [6, 6.07) is 5.18. The summed E-state index contributed by atoms with van der Waals surface area (Å²) in [5, 5.41) is 0. The topological polar surface area (TPSA) is 106 Å². The molecule has 1 amide bonds. The largest absolute Gasteiger partial charge is 0.399 e. The van der Waals surface area contributed by atoms with E-state index >= 15 is 0 Å². The molecule has 1 unspecified atom stereocenters. The third kappa shape index (κ3) is 2.71. The molecule has 1 aromatic carbocycles. The van der Waals surface area contributed by atoms with E-state index in [1.54, 1.807) is 0 Å². The first-order valence-corrected chi connectivity index (χ1v) is 7.53. The Morgan fingerprint density at radius 2 is 1.84 bits per heavy atom. The molecule has 0 radical (unpaired) electrons. The van der Waals surface area contributed by atoms with Crippen molar-refractivity contribution in [3.05, 3.63) is 24.3 Å². The summed E-state index contributed by atoms with van der Waals surface area (Å²) in [4.78, 5) is 11.5. The summed E-state index contributed by atoms with van der Waals surface area (Å²) in [7, 11) is -3.70. The summed E-state index contributed by atoms with van der Waals surface area (Å²) in [5.41, 5.74) is 11.3. The lowest BCUT2D eigenvalue weighted by Crippen LogP contribution is -2.50. The van der Waals surface area contributed by atoms with E-state index in [-0.39, 0.29) is 4.90 Å². The molecule has 6 nitrogen and oxygen atoms in total.